The number of hydrogen-bond acceptors (Lipinski definition) is 8. The summed E-state index contributed by atoms with van der Waals surface area (Å²) in [6.45, 7) is 6.02. The van der Waals surface area contributed by atoms with E-state index in [1.54, 1.807) is 17.6 Å². The summed E-state index contributed by atoms with van der Waals surface area (Å²) >= 11 is 1.75. The molecular weight excluding hydrogens is 548 g/mol. The van der Waals surface area contributed by atoms with Gasteiger partial charge in [-0.05, 0) is 38.1 Å². The predicted octanol–water partition coefficient (Wildman–Crippen LogP) is 3.97. The van der Waals surface area contributed by atoms with Crippen molar-refractivity contribution in [1.29, 1.82) is 0 Å². The van der Waals surface area contributed by atoms with Crippen molar-refractivity contribution in [3.63, 3.8) is 0 Å². The van der Waals surface area contributed by atoms with Crippen LogP contribution in [0.5, 0.6) is 0 Å². The number of furan rings is 1. The van der Waals surface area contributed by atoms with E-state index in [1.807, 2.05) is 18.3 Å². The van der Waals surface area contributed by atoms with Crippen LogP contribution >= 0.6 is 11.3 Å². The molecule has 3 atom stereocenters. The second-order valence-electron chi connectivity index (χ2n) is 8.63. The molecule has 2 fully saturated rings. The third-order valence-electron chi connectivity index (χ3n) is 5.70. The number of carbonyl (C=O) groups is 2. The second kappa shape index (κ2) is 13.9. The Morgan fingerprint density at radius 2 is 1.82 bits per heavy atom. The van der Waals surface area contributed by atoms with Crippen LogP contribution in [0.15, 0.2) is 34.4 Å². The molecule has 0 radical (unpaired) electrons. The van der Waals surface area contributed by atoms with E-state index in [2.05, 4.69) is 27.2 Å². The Morgan fingerprint density at radius 1 is 1.18 bits per heavy atom. The highest BCUT2D eigenvalue weighted by Crippen LogP contribution is 2.35. The standard InChI is InChI=1S/C18H25N3O2S.2C2HF3O2/c1-20(10-15-3-2-7-22-15)11-17-16-4-6-21(9-14(16)13-23-17)12-18-19-5-8-24-18;2*3-2(4,5)1(6)7/h2-3,5,7-8,14,16-17H,4,6,9-13H2,1H3;2*(H,6,7)/t14-,16-,17+;;/m1../s1. The highest BCUT2D eigenvalue weighted by Gasteiger charge is 2.41. The summed E-state index contributed by atoms with van der Waals surface area (Å²) in [6.07, 6.45) is -4.94. The molecule has 38 heavy (non-hydrogen) atoms. The Morgan fingerprint density at radius 3 is 2.32 bits per heavy atom. The Bertz CT molecular complexity index is 963. The fourth-order valence-corrected chi connectivity index (χ4v) is 4.71. The van der Waals surface area contributed by atoms with Crippen LogP contribution in [-0.4, -0.2) is 88.7 Å². The highest BCUT2D eigenvalue weighted by molar-refractivity contribution is 7.09. The molecule has 2 aromatic rings. The number of carboxylic acid groups (broad SMARTS) is 2. The first kappa shape index (κ1) is 31.5. The van der Waals surface area contributed by atoms with Crippen LogP contribution in [0.2, 0.25) is 0 Å². The summed E-state index contributed by atoms with van der Waals surface area (Å²) in [5.74, 6) is -3.14. The zero-order valence-electron chi connectivity index (χ0n) is 20.1. The van der Waals surface area contributed by atoms with Crippen molar-refractivity contribution >= 4 is 23.3 Å². The molecule has 4 rings (SSSR count). The number of rotatable bonds is 6. The summed E-state index contributed by atoms with van der Waals surface area (Å²) in [6, 6.07) is 3.98. The Hall–Kier alpha value is -2.69. The minimum Gasteiger partial charge on any atom is -0.475 e. The molecule has 0 aromatic carbocycles. The topological polar surface area (TPSA) is 116 Å². The number of nitrogens with zero attached hydrogens (tertiary/aromatic N) is 3. The third-order valence-corrected chi connectivity index (χ3v) is 6.47. The van der Waals surface area contributed by atoms with Crippen molar-refractivity contribution in [1.82, 2.24) is 14.8 Å². The number of halogens is 6. The molecule has 16 heteroatoms. The van der Waals surface area contributed by atoms with Gasteiger partial charge in [-0.1, -0.05) is 0 Å². The van der Waals surface area contributed by atoms with Crippen molar-refractivity contribution in [2.45, 2.75) is 38.0 Å². The van der Waals surface area contributed by atoms with E-state index in [1.165, 1.54) is 11.4 Å². The van der Waals surface area contributed by atoms with Crippen LogP contribution in [0.4, 0.5) is 26.3 Å². The van der Waals surface area contributed by atoms with Crippen LogP contribution in [0.1, 0.15) is 17.2 Å². The van der Waals surface area contributed by atoms with Gasteiger partial charge in [0.2, 0.25) is 0 Å². The zero-order chi connectivity index (χ0) is 28.5. The van der Waals surface area contributed by atoms with Crippen molar-refractivity contribution in [2.75, 3.05) is 33.3 Å². The molecule has 0 saturated carbocycles. The van der Waals surface area contributed by atoms with Gasteiger partial charge in [0.1, 0.15) is 10.8 Å². The molecule has 9 nitrogen and oxygen atoms in total. The molecule has 4 heterocycles. The number of carboxylic acids is 2. The number of likely N-dealkylation sites (tertiary alicyclic amines) is 1. The molecule has 2 aromatic heterocycles. The number of hydrogen-bond donors (Lipinski definition) is 2. The fraction of sp³-hybridized carbons (Fsp3) is 0.591. The first-order valence-electron chi connectivity index (χ1n) is 11.2. The number of likely N-dealkylation sites (N-methyl/N-ethyl adjacent to an activating group) is 1. The molecule has 2 aliphatic rings. The molecule has 0 aliphatic carbocycles. The number of fused-ring (bicyclic) bond motifs is 1. The van der Waals surface area contributed by atoms with Gasteiger partial charge in [0, 0.05) is 30.6 Å². The largest absolute Gasteiger partial charge is 0.490 e. The Kier molecular flexibility index (Phi) is 11.5. The first-order valence-corrected chi connectivity index (χ1v) is 12.1. The van der Waals surface area contributed by atoms with Crippen LogP contribution in [-0.2, 0) is 27.4 Å². The van der Waals surface area contributed by atoms with Crippen LogP contribution in [0.25, 0.3) is 0 Å². The minimum atomic E-state index is -5.08. The van der Waals surface area contributed by atoms with E-state index in [9.17, 15) is 26.3 Å². The average molecular weight is 576 g/mol. The number of aromatic nitrogens is 1. The zero-order valence-corrected chi connectivity index (χ0v) is 20.9. The fourth-order valence-electron chi connectivity index (χ4n) is 4.06. The lowest BCUT2D eigenvalue weighted by atomic mass is 9.84. The predicted molar refractivity (Wildman–Crippen MR) is 121 cm³/mol. The van der Waals surface area contributed by atoms with Crippen LogP contribution < -0.4 is 0 Å². The molecule has 2 saturated heterocycles. The lowest BCUT2D eigenvalue weighted by Crippen LogP contribution is -2.43. The number of aliphatic carboxylic acids is 2. The summed E-state index contributed by atoms with van der Waals surface area (Å²) in [5.41, 5.74) is 0. The van der Waals surface area contributed by atoms with Gasteiger partial charge in [-0.3, -0.25) is 9.80 Å². The SMILES string of the molecule is CN(Cc1ccco1)C[C@@H]1OC[C@H]2CN(Cc3nccs3)CC[C@H]21.O=C(O)C(F)(F)F.O=C(O)C(F)(F)F. The average Bonchev–Trinajstić information content (AvgIpc) is 3.57. The molecule has 0 unspecified atom stereocenters. The van der Waals surface area contributed by atoms with Gasteiger partial charge < -0.3 is 19.4 Å². The molecule has 2 N–H and O–H groups in total. The van der Waals surface area contributed by atoms with Gasteiger partial charge in [0.25, 0.3) is 0 Å². The molecule has 214 valence electrons. The second-order valence-corrected chi connectivity index (χ2v) is 9.61. The maximum Gasteiger partial charge on any atom is 0.490 e. The maximum absolute atomic E-state index is 10.6. The van der Waals surface area contributed by atoms with E-state index >= 15 is 0 Å². The van der Waals surface area contributed by atoms with Crippen molar-refractivity contribution < 1.29 is 55.3 Å². The van der Waals surface area contributed by atoms with E-state index in [0.717, 1.165) is 45.1 Å². The molecule has 0 bridgehead atoms. The van der Waals surface area contributed by atoms with E-state index in [-0.39, 0.29) is 0 Å². The molecular formula is C22H27F6N3O6S. The molecule has 2 aliphatic heterocycles. The van der Waals surface area contributed by atoms with Gasteiger partial charge in [-0.25, -0.2) is 14.6 Å². The number of alkyl halides is 6. The Labute approximate surface area is 217 Å². The van der Waals surface area contributed by atoms with Gasteiger partial charge >= 0.3 is 24.3 Å². The highest BCUT2D eigenvalue weighted by atomic mass is 32.1. The smallest absolute Gasteiger partial charge is 0.475 e. The summed E-state index contributed by atoms with van der Waals surface area (Å²) in [4.78, 5) is 27.1. The first-order chi connectivity index (χ1) is 17.7. The third kappa shape index (κ3) is 10.6. The maximum atomic E-state index is 10.6. The normalized spacial score (nSPS) is 21.6. The van der Waals surface area contributed by atoms with Crippen molar-refractivity contribution in [3.8, 4) is 0 Å². The summed E-state index contributed by atoms with van der Waals surface area (Å²) in [7, 11) is 2.15. The Balaban J connectivity index is 0.000000301. The van der Waals surface area contributed by atoms with Gasteiger partial charge in [0.15, 0.2) is 0 Å². The van der Waals surface area contributed by atoms with Gasteiger partial charge in [-0.2, -0.15) is 26.3 Å². The lowest BCUT2D eigenvalue weighted by molar-refractivity contribution is -0.193. The summed E-state index contributed by atoms with van der Waals surface area (Å²) in [5, 5.41) is 17.5. The van der Waals surface area contributed by atoms with Crippen LogP contribution in [0, 0.1) is 11.8 Å². The van der Waals surface area contributed by atoms with E-state index < -0.39 is 24.3 Å². The van der Waals surface area contributed by atoms with E-state index in [0.29, 0.717) is 17.9 Å². The van der Waals surface area contributed by atoms with Crippen molar-refractivity contribution in [3.05, 3.63) is 40.7 Å². The van der Waals surface area contributed by atoms with E-state index in [4.69, 9.17) is 29.0 Å². The number of thiazole rings is 1. The van der Waals surface area contributed by atoms with Gasteiger partial charge in [0.05, 0.1) is 32.1 Å². The summed E-state index contributed by atoms with van der Waals surface area (Å²) < 4.78 is 75.1. The minimum absolute atomic E-state index is 0.358. The monoisotopic (exact) mass is 575 g/mol. The lowest BCUT2D eigenvalue weighted by Gasteiger charge is -2.35. The van der Waals surface area contributed by atoms with Crippen molar-refractivity contribution in [2.24, 2.45) is 11.8 Å². The van der Waals surface area contributed by atoms with Crippen LogP contribution in [0.3, 0.4) is 0 Å². The number of piperidine rings is 1. The quantitative estimate of drug-likeness (QED) is 0.494. The van der Waals surface area contributed by atoms with Gasteiger partial charge in [-0.15, -0.1) is 11.3 Å². The number of ether oxygens (including phenoxy) is 1. The molecule has 0 amide bonds. The molecule has 0 spiro atoms.